The highest BCUT2D eigenvalue weighted by Crippen LogP contribution is 2.43. The van der Waals surface area contributed by atoms with E-state index in [2.05, 4.69) is 10.3 Å². The average molecular weight is 701 g/mol. The fourth-order valence-electron chi connectivity index (χ4n) is 5.79. The molecule has 1 fully saturated rings. The van der Waals surface area contributed by atoms with Gasteiger partial charge in [-0.15, -0.1) is 0 Å². The van der Waals surface area contributed by atoms with Crippen LogP contribution < -0.4 is 20.5 Å². The molecule has 5 rings (SSSR count). The Hall–Kier alpha value is -5.14. The molecule has 1 aromatic heterocycles. The molecule has 0 aliphatic carbocycles. The number of aromatic nitrogens is 2. The Morgan fingerprint density at radius 3 is 2.14 bits per heavy atom. The molecule has 0 radical (unpaired) electrons. The lowest BCUT2D eigenvalue weighted by Crippen LogP contribution is -2.41. The summed E-state index contributed by atoms with van der Waals surface area (Å²) in [6, 6.07) is 28.1. The van der Waals surface area contributed by atoms with Gasteiger partial charge in [-0.1, -0.05) is 54.6 Å². The summed E-state index contributed by atoms with van der Waals surface area (Å²) in [5, 5.41) is 22.9. The maximum atomic E-state index is 13.2. The van der Waals surface area contributed by atoms with Gasteiger partial charge in [-0.2, -0.15) is 10.2 Å². The number of methoxy groups -OCH3 is 2. The Balaban J connectivity index is 1.48. The van der Waals surface area contributed by atoms with Crippen molar-refractivity contribution in [2.45, 2.75) is 43.5 Å². The van der Waals surface area contributed by atoms with E-state index in [1.807, 2.05) is 84.9 Å². The van der Waals surface area contributed by atoms with Crippen LogP contribution in [-0.4, -0.2) is 79.9 Å². The Bertz CT molecular complexity index is 1770. The number of aliphatic hydroxyl groups is 1. The molecule has 1 aliphatic heterocycles. The van der Waals surface area contributed by atoms with Crippen molar-refractivity contribution >= 4 is 11.7 Å². The summed E-state index contributed by atoms with van der Waals surface area (Å²) in [6.07, 6.45) is -2.99. The highest BCUT2D eigenvalue weighted by molar-refractivity contribution is 5.87. The molecule has 1 aliphatic rings. The van der Waals surface area contributed by atoms with Crippen LogP contribution in [0.1, 0.15) is 36.3 Å². The smallest absolute Gasteiger partial charge is 0.351 e. The summed E-state index contributed by atoms with van der Waals surface area (Å²) < 4.78 is 41.9. The first kappa shape index (κ1) is 37.1. The van der Waals surface area contributed by atoms with Crippen molar-refractivity contribution in [3.8, 4) is 17.6 Å². The minimum absolute atomic E-state index is 0.0594. The number of carbonyl (C=O) groups excluding carboxylic acids is 1. The fourth-order valence-corrected chi connectivity index (χ4v) is 5.79. The predicted molar refractivity (Wildman–Crippen MR) is 183 cm³/mol. The van der Waals surface area contributed by atoms with Gasteiger partial charge in [-0.25, -0.2) is 4.79 Å². The van der Waals surface area contributed by atoms with Crippen LogP contribution in [0.3, 0.4) is 0 Å². The number of carbonyl (C=O) groups is 1. The summed E-state index contributed by atoms with van der Waals surface area (Å²) in [7, 11) is 3.18. The zero-order chi connectivity index (χ0) is 36.2. The van der Waals surface area contributed by atoms with Gasteiger partial charge in [0.2, 0.25) is 5.91 Å². The van der Waals surface area contributed by atoms with Crippen LogP contribution in [0.25, 0.3) is 0 Å². The van der Waals surface area contributed by atoms with Crippen LogP contribution in [0.15, 0.2) is 95.9 Å². The number of amides is 1. The molecule has 4 unspecified atom stereocenters. The van der Waals surface area contributed by atoms with Gasteiger partial charge in [0.15, 0.2) is 6.23 Å². The van der Waals surface area contributed by atoms with Crippen LogP contribution in [0.5, 0.6) is 11.5 Å². The lowest BCUT2D eigenvalue weighted by atomic mass is 9.80. The Morgan fingerprint density at radius 1 is 0.941 bits per heavy atom. The van der Waals surface area contributed by atoms with Crippen molar-refractivity contribution in [1.82, 2.24) is 9.55 Å². The van der Waals surface area contributed by atoms with E-state index in [1.54, 1.807) is 14.2 Å². The zero-order valence-corrected chi connectivity index (χ0v) is 28.5. The molecule has 1 amide bonds. The SMILES string of the molecule is COc1ccc(C(OCC2OC(n3ccc(NC(C)=O)nc3=O)C(OCOCOCCC#N)C2O)(c2ccccc2)c2ccc(OC)cc2)cc1. The van der Waals surface area contributed by atoms with Crippen molar-refractivity contribution in [1.29, 1.82) is 5.26 Å². The first-order chi connectivity index (χ1) is 24.8. The van der Waals surface area contributed by atoms with Crippen molar-refractivity contribution in [2.24, 2.45) is 0 Å². The average Bonchev–Trinajstić information content (AvgIpc) is 3.46. The summed E-state index contributed by atoms with van der Waals surface area (Å²) in [5.41, 5.74) is 0.394. The van der Waals surface area contributed by atoms with E-state index in [0.717, 1.165) is 16.7 Å². The highest BCUT2D eigenvalue weighted by Gasteiger charge is 2.48. The van der Waals surface area contributed by atoms with Crippen LogP contribution in [0.2, 0.25) is 0 Å². The van der Waals surface area contributed by atoms with E-state index in [4.69, 9.17) is 38.4 Å². The number of benzene rings is 3. The van der Waals surface area contributed by atoms with Gasteiger partial charge < -0.3 is 43.6 Å². The highest BCUT2D eigenvalue weighted by atomic mass is 16.7. The maximum Gasteiger partial charge on any atom is 0.351 e. The van der Waals surface area contributed by atoms with Gasteiger partial charge in [0, 0.05) is 13.1 Å². The number of hydrogen-bond acceptors (Lipinski definition) is 12. The van der Waals surface area contributed by atoms with Crippen LogP contribution in [0.4, 0.5) is 5.82 Å². The molecule has 268 valence electrons. The van der Waals surface area contributed by atoms with E-state index in [9.17, 15) is 14.7 Å². The third-order valence-electron chi connectivity index (χ3n) is 8.23. The van der Waals surface area contributed by atoms with E-state index >= 15 is 0 Å². The minimum atomic E-state index is -1.31. The molecular weight excluding hydrogens is 660 g/mol. The van der Waals surface area contributed by atoms with Gasteiger partial charge in [0.1, 0.15) is 54.8 Å². The molecule has 1 saturated heterocycles. The molecule has 2 N–H and O–H groups in total. The standard InChI is InChI=1S/C37H40N4O10/c1-25(42)39-32-18-20-41(36(44)40-32)35-34(49-24-48-23-47-21-7-19-38)33(43)31(51-35)22-50-37(26-8-5-4-6-9-26,27-10-14-29(45-2)15-11-27)28-12-16-30(46-3)17-13-28/h4-6,8-18,20,31,33-35,43H,7,21-24H2,1-3H3,(H,39,40,42,44). The topological polar surface area (TPSA) is 173 Å². The summed E-state index contributed by atoms with van der Waals surface area (Å²) in [6.45, 7) is 0.851. The summed E-state index contributed by atoms with van der Waals surface area (Å²) in [4.78, 5) is 28.7. The quantitative estimate of drug-likeness (QED) is 0.0930. The number of nitrogens with one attached hydrogen (secondary N) is 1. The predicted octanol–water partition coefficient (Wildman–Crippen LogP) is 3.73. The van der Waals surface area contributed by atoms with Gasteiger partial charge >= 0.3 is 5.69 Å². The molecule has 0 bridgehead atoms. The number of rotatable bonds is 17. The molecule has 4 atom stereocenters. The van der Waals surface area contributed by atoms with Gasteiger partial charge in [-0.3, -0.25) is 9.36 Å². The second-order valence-electron chi connectivity index (χ2n) is 11.4. The molecule has 2 heterocycles. The van der Waals surface area contributed by atoms with E-state index in [-0.39, 0.29) is 39.0 Å². The van der Waals surface area contributed by atoms with Crippen molar-refractivity contribution < 1.29 is 43.1 Å². The number of aliphatic hydroxyl groups excluding tert-OH is 1. The monoisotopic (exact) mass is 700 g/mol. The molecule has 0 spiro atoms. The number of anilines is 1. The zero-order valence-electron chi connectivity index (χ0n) is 28.5. The second-order valence-corrected chi connectivity index (χ2v) is 11.4. The second kappa shape index (κ2) is 17.7. The first-order valence-corrected chi connectivity index (χ1v) is 16.1. The number of hydrogen-bond donors (Lipinski definition) is 2. The summed E-state index contributed by atoms with van der Waals surface area (Å²) >= 11 is 0. The normalized spacial score (nSPS) is 18.6. The number of ether oxygens (including phenoxy) is 7. The van der Waals surface area contributed by atoms with E-state index < -0.39 is 41.7 Å². The molecule has 4 aromatic rings. The molecule has 0 saturated carbocycles. The Kier molecular flexibility index (Phi) is 12.9. The molecule has 14 nitrogen and oxygen atoms in total. The van der Waals surface area contributed by atoms with Crippen LogP contribution >= 0.6 is 0 Å². The van der Waals surface area contributed by atoms with E-state index in [0.29, 0.717) is 11.5 Å². The maximum absolute atomic E-state index is 13.2. The summed E-state index contributed by atoms with van der Waals surface area (Å²) in [5.74, 6) is 0.989. The van der Waals surface area contributed by atoms with Crippen LogP contribution in [0, 0.1) is 11.3 Å². The molecular formula is C37H40N4O10. The number of nitrogens with zero attached hydrogens (tertiary/aromatic N) is 3. The third-order valence-corrected chi connectivity index (χ3v) is 8.23. The first-order valence-electron chi connectivity index (χ1n) is 16.1. The van der Waals surface area contributed by atoms with Crippen molar-refractivity contribution in [3.63, 3.8) is 0 Å². The molecule has 14 heteroatoms. The fraction of sp³-hybridized carbons (Fsp3) is 0.351. The van der Waals surface area contributed by atoms with Crippen LogP contribution in [-0.2, 0) is 34.1 Å². The molecule has 3 aromatic carbocycles. The van der Waals surface area contributed by atoms with Gasteiger partial charge in [0.25, 0.3) is 0 Å². The minimum Gasteiger partial charge on any atom is -0.497 e. The van der Waals surface area contributed by atoms with Gasteiger partial charge in [0.05, 0.1) is 39.9 Å². The Labute approximate surface area is 295 Å². The third kappa shape index (κ3) is 8.78. The number of nitriles is 1. The van der Waals surface area contributed by atoms with E-state index in [1.165, 1.54) is 23.8 Å². The van der Waals surface area contributed by atoms with Gasteiger partial charge in [-0.05, 0) is 47.0 Å². The molecule has 51 heavy (non-hydrogen) atoms. The van der Waals surface area contributed by atoms with Crippen molar-refractivity contribution in [3.05, 3.63) is 118 Å². The van der Waals surface area contributed by atoms with Crippen molar-refractivity contribution in [2.75, 3.05) is 46.3 Å². The lowest BCUT2D eigenvalue weighted by molar-refractivity contribution is -0.175. The largest absolute Gasteiger partial charge is 0.497 e. The Morgan fingerprint density at radius 2 is 1.57 bits per heavy atom. The lowest BCUT2D eigenvalue weighted by Gasteiger charge is -2.37.